The summed E-state index contributed by atoms with van der Waals surface area (Å²) in [5.74, 6) is 0.760. The lowest BCUT2D eigenvalue weighted by molar-refractivity contribution is 0.265. The summed E-state index contributed by atoms with van der Waals surface area (Å²) in [6.07, 6.45) is 4.85. The number of pyridine rings is 1. The third kappa shape index (κ3) is 4.61. The van der Waals surface area contributed by atoms with Crippen LogP contribution in [0.15, 0.2) is 65.9 Å². The monoisotopic (exact) mass is 351 g/mol. The van der Waals surface area contributed by atoms with Crippen LogP contribution in [0.25, 0.3) is 5.65 Å². The number of hydrogen-bond donors (Lipinski definition) is 3. The molecule has 0 fully saturated rings. The second kappa shape index (κ2) is 9.01. The summed E-state index contributed by atoms with van der Waals surface area (Å²) >= 11 is 0. The minimum atomic E-state index is 0.0354. The van der Waals surface area contributed by atoms with Crippen LogP contribution in [0.3, 0.4) is 0 Å². The van der Waals surface area contributed by atoms with Crippen LogP contribution >= 0.6 is 0 Å². The van der Waals surface area contributed by atoms with Crippen LogP contribution in [0.4, 0.5) is 0 Å². The highest BCUT2D eigenvalue weighted by Crippen LogP contribution is 2.13. The van der Waals surface area contributed by atoms with Crippen molar-refractivity contribution in [2.75, 3.05) is 26.7 Å². The minimum absolute atomic E-state index is 0.0354. The standard InChI is InChI=1S/C20H25N5O/c1-21-20(23-13-17(15-26)16-7-3-2-4-8-16)22-11-10-18-14-25-12-6-5-9-19(25)24-18/h2-9,12,14,17,26H,10-11,13,15H2,1H3,(H2,21,22,23). The first-order valence-electron chi connectivity index (χ1n) is 8.83. The van der Waals surface area contributed by atoms with Gasteiger partial charge in [0, 0.05) is 44.9 Å². The molecule has 1 atom stereocenters. The molecule has 3 rings (SSSR count). The van der Waals surface area contributed by atoms with Gasteiger partial charge in [-0.1, -0.05) is 36.4 Å². The Labute approximate surface area is 153 Å². The van der Waals surface area contributed by atoms with Crippen LogP contribution in [0.1, 0.15) is 17.2 Å². The Morgan fingerprint density at radius 2 is 1.96 bits per heavy atom. The van der Waals surface area contributed by atoms with E-state index in [9.17, 15) is 5.11 Å². The van der Waals surface area contributed by atoms with Gasteiger partial charge in [-0.2, -0.15) is 0 Å². The summed E-state index contributed by atoms with van der Waals surface area (Å²) in [6, 6.07) is 16.0. The second-order valence-corrected chi connectivity index (χ2v) is 6.12. The second-order valence-electron chi connectivity index (χ2n) is 6.12. The molecule has 2 aromatic heterocycles. The van der Waals surface area contributed by atoms with Crippen molar-refractivity contribution in [3.63, 3.8) is 0 Å². The molecule has 6 heteroatoms. The molecule has 26 heavy (non-hydrogen) atoms. The largest absolute Gasteiger partial charge is 0.396 e. The highest BCUT2D eigenvalue weighted by Gasteiger charge is 2.10. The molecule has 136 valence electrons. The molecule has 0 spiro atoms. The molecule has 0 bridgehead atoms. The van der Waals surface area contributed by atoms with Gasteiger partial charge in [-0.3, -0.25) is 4.99 Å². The first kappa shape index (κ1) is 17.9. The number of aliphatic imine (C=N–C) groups is 1. The number of aliphatic hydroxyl groups excluding tert-OH is 1. The number of nitrogens with zero attached hydrogens (tertiary/aromatic N) is 3. The lowest BCUT2D eigenvalue weighted by atomic mass is 10.0. The topological polar surface area (TPSA) is 74.0 Å². The lowest BCUT2D eigenvalue weighted by Gasteiger charge is -2.18. The number of imidazole rings is 1. The summed E-state index contributed by atoms with van der Waals surface area (Å²) in [7, 11) is 1.75. The zero-order chi connectivity index (χ0) is 18.2. The Hall–Kier alpha value is -2.86. The highest BCUT2D eigenvalue weighted by atomic mass is 16.3. The van der Waals surface area contributed by atoms with Crippen molar-refractivity contribution >= 4 is 11.6 Å². The number of nitrogens with one attached hydrogen (secondary N) is 2. The predicted octanol–water partition coefficient (Wildman–Crippen LogP) is 1.82. The van der Waals surface area contributed by atoms with E-state index in [2.05, 4.69) is 20.6 Å². The van der Waals surface area contributed by atoms with Gasteiger partial charge in [0.05, 0.1) is 12.3 Å². The molecule has 3 N–H and O–H groups in total. The van der Waals surface area contributed by atoms with Gasteiger partial charge >= 0.3 is 0 Å². The average Bonchev–Trinajstić information content (AvgIpc) is 3.10. The van der Waals surface area contributed by atoms with Gasteiger partial charge in [-0.25, -0.2) is 4.98 Å². The predicted molar refractivity (Wildman–Crippen MR) is 105 cm³/mol. The third-order valence-electron chi connectivity index (χ3n) is 4.32. The Kier molecular flexibility index (Phi) is 6.22. The van der Waals surface area contributed by atoms with E-state index in [0.717, 1.165) is 35.8 Å². The van der Waals surface area contributed by atoms with E-state index in [1.54, 1.807) is 7.05 Å². The Bertz CT molecular complexity index is 811. The summed E-state index contributed by atoms with van der Waals surface area (Å²) in [6.45, 7) is 1.45. The SMILES string of the molecule is CN=C(NCCc1cn2ccccc2n1)NCC(CO)c1ccccc1. The number of aliphatic hydroxyl groups is 1. The van der Waals surface area contributed by atoms with Crippen LogP contribution in [0.2, 0.25) is 0 Å². The number of aromatic nitrogens is 2. The van der Waals surface area contributed by atoms with E-state index in [0.29, 0.717) is 6.54 Å². The van der Waals surface area contributed by atoms with Gasteiger partial charge in [-0.15, -0.1) is 0 Å². The Morgan fingerprint density at radius 1 is 1.15 bits per heavy atom. The fourth-order valence-corrected chi connectivity index (χ4v) is 2.87. The summed E-state index contributed by atoms with van der Waals surface area (Å²) in [4.78, 5) is 8.84. The van der Waals surface area contributed by atoms with Crippen molar-refractivity contribution in [1.29, 1.82) is 0 Å². The zero-order valence-corrected chi connectivity index (χ0v) is 15.0. The summed E-state index contributed by atoms with van der Waals surface area (Å²) < 4.78 is 2.02. The van der Waals surface area contributed by atoms with Gasteiger partial charge in [0.25, 0.3) is 0 Å². The molecule has 1 aromatic carbocycles. The molecule has 3 aromatic rings. The molecule has 1 unspecified atom stereocenters. The van der Waals surface area contributed by atoms with E-state index in [-0.39, 0.29) is 12.5 Å². The Balaban J connectivity index is 1.48. The van der Waals surface area contributed by atoms with Crippen LogP contribution in [0.5, 0.6) is 0 Å². The van der Waals surface area contributed by atoms with E-state index in [4.69, 9.17) is 0 Å². The van der Waals surface area contributed by atoms with Gasteiger partial charge in [-0.05, 0) is 17.7 Å². The normalized spacial score (nSPS) is 12.9. The zero-order valence-electron chi connectivity index (χ0n) is 15.0. The summed E-state index contributed by atoms with van der Waals surface area (Å²) in [5, 5.41) is 16.2. The van der Waals surface area contributed by atoms with E-state index < -0.39 is 0 Å². The van der Waals surface area contributed by atoms with Crippen LogP contribution in [-0.4, -0.2) is 47.2 Å². The molecule has 0 saturated heterocycles. The number of rotatable bonds is 7. The fourth-order valence-electron chi connectivity index (χ4n) is 2.87. The summed E-state index contributed by atoms with van der Waals surface area (Å²) in [5.41, 5.74) is 3.11. The van der Waals surface area contributed by atoms with Crippen molar-refractivity contribution in [2.24, 2.45) is 4.99 Å². The van der Waals surface area contributed by atoms with E-state index >= 15 is 0 Å². The molecule has 0 amide bonds. The molecule has 0 aliphatic carbocycles. The van der Waals surface area contributed by atoms with Crippen LogP contribution < -0.4 is 10.6 Å². The van der Waals surface area contributed by atoms with Gasteiger partial charge in [0.15, 0.2) is 5.96 Å². The smallest absolute Gasteiger partial charge is 0.191 e. The first-order chi connectivity index (χ1) is 12.8. The van der Waals surface area contributed by atoms with Crippen molar-refractivity contribution < 1.29 is 5.11 Å². The molecular weight excluding hydrogens is 326 g/mol. The number of fused-ring (bicyclic) bond motifs is 1. The maximum Gasteiger partial charge on any atom is 0.191 e. The fraction of sp³-hybridized carbons (Fsp3) is 0.300. The van der Waals surface area contributed by atoms with Crippen LogP contribution in [0, 0.1) is 0 Å². The Morgan fingerprint density at radius 3 is 2.69 bits per heavy atom. The van der Waals surface area contributed by atoms with E-state index in [1.807, 2.05) is 65.3 Å². The average molecular weight is 351 g/mol. The maximum atomic E-state index is 9.65. The number of hydrogen-bond acceptors (Lipinski definition) is 3. The molecule has 6 nitrogen and oxygen atoms in total. The molecule has 0 saturated carbocycles. The maximum absolute atomic E-state index is 9.65. The lowest BCUT2D eigenvalue weighted by Crippen LogP contribution is -2.40. The van der Waals surface area contributed by atoms with Crippen molar-refractivity contribution in [3.05, 3.63) is 72.2 Å². The molecular formula is C20H25N5O. The van der Waals surface area contributed by atoms with Gasteiger partial charge in [0.1, 0.15) is 5.65 Å². The van der Waals surface area contributed by atoms with Gasteiger partial charge in [0.2, 0.25) is 0 Å². The third-order valence-corrected chi connectivity index (χ3v) is 4.32. The first-order valence-corrected chi connectivity index (χ1v) is 8.83. The van der Waals surface area contributed by atoms with E-state index in [1.165, 1.54) is 0 Å². The number of guanidine groups is 1. The molecule has 0 radical (unpaired) electrons. The quantitative estimate of drug-likeness (QED) is 0.448. The minimum Gasteiger partial charge on any atom is -0.396 e. The van der Waals surface area contributed by atoms with Crippen molar-refractivity contribution in [3.8, 4) is 0 Å². The van der Waals surface area contributed by atoms with Crippen LogP contribution in [-0.2, 0) is 6.42 Å². The molecule has 0 aliphatic heterocycles. The number of benzene rings is 1. The van der Waals surface area contributed by atoms with Crippen molar-refractivity contribution in [2.45, 2.75) is 12.3 Å². The molecule has 2 heterocycles. The van der Waals surface area contributed by atoms with Crippen molar-refractivity contribution in [1.82, 2.24) is 20.0 Å². The molecule has 0 aliphatic rings. The van der Waals surface area contributed by atoms with Gasteiger partial charge < -0.3 is 20.1 Å². The highest BCUT2D eigenvalue weighted by molar-refractivity contribution is 5.79.